The summed E-state index contributed by atoms with van der Waals surface area (Å²) in [7, 11) is 0. The number of hydrogen-bond donors (Lipinski definition) is 0. The van der Waals surface area contributed by atoms with E-state index in [2.05, 4.69) is 24.3 Å². The van der Waals surface area contributed by atoms with Crippen molar-refractivity contribution in [2.75, 3.05) is 6.54 Å². The molecule has 5 heteroatoms. The second-order valence-corrected chi connectivity index (χ2v) is 5.88. The molecule has 0 unspecified atom stereocenters. The maximum absolute atomic E-state index is 12.0. The number of carbonyl (C=O) groups is 2. The van der Waals surface area contributed by atoms with Gasteiger partial charge in [-0.3, -0.25) is 14.5 Å². The van der Waals surface area contributed by atoms with Crippen molar-refractivity contribution in [3.8, 4) is 12.3 Å². The molecular weight excluding hydrogens is 272 g/mol. The van der Waals surface area contributed by atoms with Crippen LogP contribution in [0, 0.1) is 19.3 Å². The molecule has 0 aromatic carbocycles. The molecule has 0 bridgehead atoms. The number of rotatable bonds is 3. The zero-order valence-corrected chi connectivity index (χ0v) is 12.5. The normalized spacial score (nSPS) is 17.4. The fourth-order valence-corrected chi connectivity index (χ4v) is 2.97. The number of hydrogen-bond acceptors (Lipinski definition) is 3. The Kier molecular flexibility index (Phi) is 4.05. The summed E-state index contributed by atoms with van der Waals surface area (Å²) in [6, 6.07) is 2.35. The summed E-state index contributed by atoms with van der Waals surface area (Å²) < 4.78 is 2.12. The highest BCUT2D eigenvalue weighted by molar-refractivity contribution is 8.18. The number of aromatic nitrogens is 1. The topological polar surface area (TPSA) is 42.3 Å². The number of thioether (sulfide) groups is 1. The first-order valence-corrected chi connectivity index (χ1v) is 7.13. The lowest BCUT2D eigenvalue weighted by Gasteiger charge is -2.08. The Labute approximate surface area is 122 Å². The van der Waals surface area contributed by atoms with Gasteiger partial charge in [-0.1, -0.05) is 5.92 Å². The molecule has 1 saturated heterocycles. The van der Waals surface area contributed by atoms with Crippen molar-refractivity contribution in [2.45, 2.75) is 26.8 Å². The Balaban J connectivity index is 2.29. The van der Waals surface area contributed by atoms with E-state index in [-0.39, 0.29) is 17.7 Å². The minimum Gasteiger partial charge on any atom is -0.349 e. The SMILES string of the molecule is C#CCN1C(=O)S/C(=C/c2cc(C)n(C(C)C)c2)C1=O. The van der Waals surface area contributed by atoms with E-state index in [0.29, 0.717) is 10.9 Å². The van der Waals surface area contributed by atoms with E-state index in [9.17, 15) is 9.59 Å². The summed E-state index contributed by atoms with van der Waals surface area (Å²) in [5.74, 6) is 2.01. The smallest absolute Gasteiger partial charge is 0.294 e. The number of aryl methyl sites for hydroxylation is 1. The number of carbonyl (C=O) groups excluding carboxylic acids is 2. The summed E-state index contributed by atoms with van der Waals surface area (Å²) in [5.41, 5.74) is 2.04. The van der Waals surface area contributed by atoms with Crippen LogP contribution in [0.2, 0.25) is 0 Å². The Bertz CT molecular complexity index is 635. The molecule has 1 aliphatic heterocycles. The Morgan fingerprint density at radius 2 is 2.15 bits per heavy atom. The van der Waals surface area contributed by atoms with Gasteiger partial charge in [0.2, 0.25) is 0 Å². The van der Waals surface area contributed by atoms with Gasteiger partial charge in [0.1, 0.15) is 0 Å². The minimum atomic E-state index is -0.312. The van der Waals surface area contributed by atoms with Crippen molar-refractivity contribution in [3.63, 3.8) is 0 Å². The summed E-state index contributed by atoms with van der Waals surface area (Å²) in [4.78, 5) is 25.2. The molecule has 0 aliphatic carbocycles. The summed E-state index contributed by atoms with van der Waals surface area (Å²) in [5, 5.41) is -0.306. The lowest BCUT2D eigenvalue weighted by atomic mass is 10.3. The molecule has 2 rings (SSSR count). The van der Waals surface area contributed by atoms with Crippen LogP contribution < -0.4 is 0 Å². The van der Waals surface area contributed by atoms with Gasteiger partial charge < -0.3 is 4.57 Å². The quantitative estimate of drug-likeness (QED) is 0.634. The standard InChI is InChI=1S/C15H16N2O2S/c1-5-6-16-14(18)13(20-15(16)19)8-12-7-11(4)17(9-12)10(2)3/h1,7-10H,6H2,2-4H3/b13-8+. The zero-order chi connectivity index (χ0) is 14.9. The maximum atomic E-state index is 12.0. The molecule has 1 aromatic heterocycles. The molecule has 4 nitrogen and oxygen atoms in total. The monoisotopic (exact) mass is 288 g/mol. The lowest BCUT2D eigenvalue weighted by molar-refractivity contribution is -0.122. The summed E-state index contributed by atoms with van der Waals surface area (Å²) in [6.45, 7) is 6.23. The second kappa shape index (κ2) is 5.59. The van der Waals surface area contributed by atoms with Gasteiger partial charge in [0, 0.05) is 17.9 Å². The van der Waals surface area contributed by atoms with E-state index in [1.165, 1.54) is 0 Å². The average molecular weight is 288 g/mol. The third kappa shape index (κ3) is 2.66. The third-order valence-electron chi connectivity index (χ3n) is 3.05. The summed E-state index contributed by atoms with van der Waals surface area (Å²) in [6.07, 6.45) is 8.88. The van der Waals surface area contributed by atoms with Crippen LogP contribution in [0.15, 0.2) is 17.2 Å². The number of nitrogens with zero attached hydrogens (tertiary/aromatic N) is 2. The van der Waals surface area contributed by atoms with E-state index >= 15 is 0 Å². The number of amides is 2. The fraction of sp³-hybridized carbons (Fsp3) is 0.333. The van der Waals surface area contributed by atoms with Gasteiger partial charge in [-0.05, 0) is 50.2 Å². The molecule has 20 heavy (non-hydrogen) atoms. The molecule has 0 spiro atoms. The molecule has 2 heterocycles. The van der Waals surface area contributed by atoms with Gasteiger partial charge in [-0.25, -0.2) is 0 Å². The van der Waals surface area contributed by atoms with Crippen molar-refractivity contribution < 1.29 is 9.59 Å². The number of imide groups is 1. The van der Waals surface area contributed by atoms with Crippen molar-refractivity contribution in [3.05, 3.63) is 28.4 Å². The van der Waals surface area contributed by atoms with Gasteiger partial charge in [0.25, 0.3) is 11.1 Å². The highest BCUT2D eigenvalue weighted by atomic mass is 32.2. The van der Waals surface area contributed by atoms with E-state index in [1.807, 2.05) is 19.2 Å². The van der Waals surface area contributed by atoms with Crippen LogP contribution in [0.4, 0.5) is 4.79 Å². The van der Waals surface area contributed by atoms with Crippen LogP contribution in [0.5, 0.6) is 0 Å². The fourth-order valence-electron chi connectivity index (χ4n) is 2.13. The summed E-state index contributed by atoms with van der Waals surface area (Å²) >= 11 is 0.934. The molecule has 0 N–H and O–H groups in total. The molecule has 1 fully saturated rings. The first kappa shape index (κ1) is 14.5. The van der Waals surface area contributed by atoms with Gasteiger partial charge >= 0.3 is 0 Å². The van der Waals surface area contributed by atoms with Crippen LogP contribution in [-0.4, -0.2) is 27.2 Å². The van der Waals surface area contributed by atoms with Crippen molar-refractivity contribution >= 4 is 29.0 Å². The highest BCUT2D eigenvalue weighted by Gasteiger charge is 2.34. The van der Waals surface area contributed by atoms with Crippen LogP contribution in [0.1, 0.15) is 31.1 Å². The molecular formula is C15H16N2O2S. The Hall–Kier alpha value is -1.93. The average Bonchev–Trinajstić information content (AvgIpc) is 2.86. The second-order valence-electron chi connectivity index (χ2n) is 4.89. The van der Waals surface area contributed by atoms with Crippen molar-refractivity contribution in [1.82, 2.24) is 9.47 Å². The van der Waals surface area contributed by atoms with Crippen LogP contribution in [0.25, 0.3) is 6.08 Å². The van der Waals surface area contributed by atoms with Gasteiger partial charge in [0.15, 0.2) is 0 Å². The largest absolute Gasteiger partial charge is 0.349 e. The Morgan fingerprint density at radius 1 is 1.45 bits per heavy atom. The molecule has 1 aromatic rings. The number of terminal acetylenes is 1. The molecule has 104 valence electrons. The van der Waals surface area contributed by atoms with E-state index < -0.39 is 0 Å². The third-order valence-corrected chi connectivity index (χ3v) is 3.96. The van der Waals surface area contributed by atoms with E-state index in [0.717, 1.165) is 27.9 Å². The molecule has 1 aliphatic rings. The van der Waals surface area contributed by atoms with Crippen LogP contribution >= 0.6 is 11.8 Å². The zero-order valence-electron chi connectivity index (χ0n) is 11.7. The van der Waals surface area contributed by atoms with Gasteiger partial charge in [-0.15, -0.1) is 6.42 Å². The predicted molar refractivity (Wildman–Crippen MR) is 81.1 cm³/mol. The van der Waals surface area contributed by atoms with Crippen LogP contribution in [0.3, 0.4) is 0 Å². The molecule has 2 amide bonds. The minimum absolute atomic E-state index is 0.0219. The molecule has 0 atom stereocenters. The predicted octanol–water partition coefficient (Wildman–Crippen LogP) is 3.05. The van der Waals surface area contributed by atoms with Crippen molar-refractivity contribution in [1.29, 1.82) is 0 Å². The highest BCUT2D eigenvalue weighted by Crippen LogP contribution is 2.32. The maximum Gasteiger partial charge on any atom is 0.294 e. The molecule has 0 saturated carbocycles. The van der Waals surface area contributed by atoms with Gasteiger partial charge in [0.05, 0.1) is 11.4 Å². The van der Waals surface area contributed by atoms with Crippen LogP contribution in [-0.2, 0) is 4.79 Å². The lowest BCUT2D eigenvalue weighted by Crippen LogP contribution is -2.28. The van der Waals surface area contributed by atoms with Crippen molar-refractivity contribution in [2.24, 2.45) is 0 Å². The molecule has 0 radical (unpaired) electrons. The van der Waals surface area contributed by atoms with E-state index in [4.69, 9.17) is 6.42 Å². The first-order chi connectivity index (χ1) is 9.43. The van der Waals surface area contributed by atoms with Gasteiger partial charge in [-0.2, -0.15) is 0 Å². The van der Waals surface area contributed by atoms with E-state index in [1.54, 1.807) is 6.08 Å². The Morgan fingerprint density at radius 3 is 2.70 bits per heavy atom. The first-order valence-electron chi connectivity index (χ1n) is 6.31.